The molecule has 0 radical (unpaired) electrons. The molecule has 1 aliphatic rings. The molecule has 5 atom stereocenters. The van der Waals surface area contributed by atoms with Crippen LogP contribution in [0, 0.1) is 4.77 Å². The fraction of sp³-hybridized carbons (Fsp3) is 0.387. The van der Waals surface area contributed by atoms with Crippen LogP contribution in [0.25, 0.3) is 5.78 Å². The van der Waals surface area contributed by atoms with E-state index >= 15 is 0 Å². The predicted octanol–water partition coefficient (Wildman–Crippen LogP) is 1.07. The van der Waals surface area contributed by atoms with Crippen LogP contribution in [0.15, 0.2) is 59.7 Å². The van der Waals surface area contributed by atoms with Crippen molar-refractivity contribution in [2.24, 2.45) is 0 Å². The molecule has 1 aliphatic heterocycles. The van der Waals surface area contributed by atoms with Crippen LogP contribution in [0.2, 0.25) is 0 Å². The summed E-state index contributed by atoms with van der Waals surface area (Å²) >= 11 is 5.62. The highest BCUT2D eigenvalue weighted by atomic mass is 32.1. The predicted molar refractivity (Wildman–Crippen MR) is 173 cm³/mol. The normalized spacial score (nSPS) is 19.7. The third-order valence-electron chi connectivity index (χ3n) is 6.97. The number of rotatable bonds is 9. The standard InChI is InChI=1S/C26H30N6O11S.C5H5N/c1-12(33)39-11-19-20(40-13(2)34)21(41-14(3)35)22(42-15(4)36)24(43-19)31-26(44)32-25(29-31)30(27)23(37)18(28-32)10-16-6-8-17(38-5)9-7-16;1-2-4-6-5-3-1/h6-9,19-22,24H,10-11,27H2,1-5H3;1-5H/t19-,20-,21+,22-,24-;/m1./s1. The Morgan fingerprint density at radius 1 is 0.860 bits per heavy atom. The van der Waals surface area contributed by atoms with Crippen LogP contribution in [0.4, 0.5) is 0 Å². The van der Waals surface area contributed by atoms with Gasteiger partial charge in [0.15, 0.2) is 24.5 Å². The van der Waals surface area contributed by atoms with Crippen molar-refractivity contribution in [1.29, 1.82) is 0 Å². The summed E-state index contributed by atoms with van der Waals surface area (Å²) in [6, 6.07) is 12.7. The molecular formula is C31H35N7O11S. The van der Waals surface area contributed by atoms with Crippen molar-refractivity contribution in [2.45, 2.75) is 64.8 Å². The molecule has 0 unspecified atom stereocenters. The van der Waals surface area contributed by atoms with Crippen LogP contribution in [-0.2, 0) is 49.3 Å². The van der Waals surface area contributed by atoms with Crippen molar-refractivity contribution >= 4 is 41.9 Å². The lowest BCUT2D eigenvalue weighted by Crippen LogP contribution is -2.60. The first-order valence-electron chi connectivity index (χ1n) is 15.0. The molecule has 4 aromatic rings. The maximum atomic E-state index is 13.1. The summed E-state index contributed by atoms with van der Waals surface area (Å²) in [5.74, 6) is 3.45. The van der Waals surface area contributed by atoms with E-state index in [0.29, 0.717) is 5.75 Å². The molecule has 0 spiro atoms. The number of aromatic nitrogens is 6. The molecule has 1 fully saturated rings. The second kappa shape index (κ2) is 16.6. The van der Waals surface area contributed by atoms with E-state index in [1.54, 1.807) is 36.7 Å². The van der Waals surface area contributed by atoms with Gasteiger partial charge in [-0.15, -0.1) is 5.10 Å². The van der Waals surface area contributed by atoms with Crippen molar-refractivity contribution < 1.29 is 47.6 Å². The Morgan fingerprint density at radius 3 is 1.98 bits per heavy atom. The number of ether oxygens (including phenoxy) is 6. The Bertz CT molecular complexity index is 1920. The molecule has 3 aromatic heterocycles. The molecule has 0 saturated carbocycles. The van der Waals surface area contributed by atoms with Crippen LogP contribution in [-0.4, -0.2) is 91.1 Å². The summed E-state index contributed by atoms with van der Waals surface area (Å²) in [4.78, 5) is 64.9. The first-order chi connectivity index (χ1) is 23.8. The van der Waals surface area contributed by atoms with Gasteiger partial charge < -0.3 is 34.3 Å². The number of nitrogens with zero attached hydrogens (tertiary/aromatic N) is 6. The zero-order valence-corrected chi connectivity index (χ0v) is 28.5. The summed E-state index contributed by atoms with van der Waals surface area (Å²) < 4.78 is 35.5. The lowest BCUT2D eigenvalue weighted by Gasteiger charge is -2.44. The highest BCUT2D eigenvalue weighted by molar-refractivity contribution is 7.71. The molecule has 50 heavy (non-hydrogen) atoms. The minimum atomic E-state index is -1.50. The van der Waals surface area contributed by atoms with Gasteiger partial charge in [-0.1, -0.05) is 18.2 Å². The topological polar surface area (TPSA) is 220 Å². The van der Waals surface area contributed by atoms with Gasteiger partial charge in [-0.2, -0.15) is 14.3 Å². The number of methoxy groups -OCH3 is 1. The van der Waals surface area contributed by atoms with E-state index in [0.717, 1.165) is 47.1 Å². The van der Waals surface area contributed by atoms with Crippen LogP contribution >= 0.6 is 12.2 Å². The molecule has 0 amide bonds. The van der Waals surface area contributed by atoms with E-state index in [-0.39, 0.29) is 22.7 Å². The van der Waals surface area contributed by atoms with Gasteiger partial charge in [-0.05, 0) is 42.0 Å². The van der Waals surface area contributed by atoms with E-state index < -0.39 is 66.7 Å². The molecular weight excluding hydrogens is 678 g/mol. The van der Waals surface area contributed by atoms with Crippen molar-refractivity contribution in [3.8, 4) is 5.75 Å². The molecule has 1 saturated heterocycles. The van der Waals surface area contributed by atoms with Gasteiger partial charge in [0.05, 0.1) is 7.11 Å². The van der Waals surface area contributed by atoms with Crippen molar-refractivity contribution in [1.82, 2.24) is 29.1 Å². The quantitative estimate of drug-likeness (QED) is 0.111. The smallest absolute Gasteiger partial charge is 0.303 e. The number of pyridine rings is 1. The van der Waals surface area contributed by atoms with Gasteiger partial charge in [0.25, 0.3) is 11.3 Å². The fourth-order valence-electron chi connectivity index (χ4n) is 4.92. The third-order valence-corrected chi connectivity index (χ3v) is 7.33. The van der Waals surface area contributed by atoms with Crippen LogP contribution in [0.1, 0.15) is 45.2 Å². The Kier molecular flexibility index (Phi) is 12.3. The van der Waals surface area contributed by atoms with Gasteiger partial charge in [0.1, 0.15) is 24.2 Å². The lowest BCUT2D eigenvalue weighted by atomic mass is 9.97. The fourth-order valence-corrected chi connectivity index (χ4v) is 5.19. The van der Waals surface area contributed by atoms with Crippen LogP contribution in [0.5, 0.6) is 5.75 Å². The van der Waals surface area contributed by atoms with Crippen molar-refractivity contribution in [3.05, 3.63) is 81.2 Å². The van der Waals surface area contributed by atoms with Crippen molar-refractivity contribution in [2.75, 3.05) is 19.6 Å². The van der Waals surface area contributed by atoms with E-state index in [1.165, 1.54) is 7.11 Å². The Hall–Kier alpha value is -5.69. The molecule has 19 heteroatoms. The molecule has 1 aromatic carbocycles. The first kappa shape index (κ1) is 37.1. The van der Waals surface area contributed by atoms with Gasteiger partial charge >= 0.3 is 23.9 Å². The van der Waals surface area contributed by atoms with Gasteiger partial charge in [0, 0.05) is 46.5 Å². The minimum Gasteiger partial charge on any atom is -0.497 e. The number of carbonyl (C=O) groups is 4. The number of esters is 4. The zero-order chi connectivity index (χ0) is 36.5. The zero-order valence-electron chi connectivity index (χ0n) is 27.7. The largest absolute Gasteiger partial charge is 0.497 e. The maximum Gasteiger partial charge on any atom is 0.303 e. The summed E-state index contributed by atoms with van der Waals surface area (Å²) in [7, 11) is 1.53. The third kappa shape index (κ3) is 9.05. The number of nitrogens with two attached hydrogens (primary N) is 1. The Labute approximate surface area is 289 Å². The van der Waals surface area contributed by atoms with E-state index in [2.05, 4.69) is 15.2 Å². The Morgan fingerprint density at radius 2 is 1.46 bits per heavy atom. The summed E-state index contributed by atoms with van der Waals surface area (Å²) in [5, 5.41) is 8.69. The molecule has 4 heterocycles. The number of carbonyl (C=O) groups excluding carboxylic acids is 4. The minimum absolute atomic E-state index is 0.0300. The van der Waals surface area contributed by atoms with Gasteiger partial charge in [-0.3, -0.25) is 29.0 Å². The average molecular weight is 714 g/mol. The van der Waals surface area contributed by atoms with E-state index in [1.807, 2.05) is 18.2 Å². The molecule has 2 N–H and O–H groups in total. The number of hydrogen-bond donors (Lipinski definition) is 1. The maximum absolute atomic E-state index is 13.1. The SMILES string of the molecule is COc1ccc(Cc2nn3c(=S)n([C@@H]4O[C@H](COC(C)=O)[C@@H](OC(C)=O)[C@H](OC(C)=O)[C@H]4OC(C)=O)nc3n(N)c2=O)cc1.c1ccncc1. The van der Waals surface area contributed by atoms with Gasteiger partial charge in [-0.25, -0.2) is 4.68 Å². The number of fused-ring (bicyclic) bond motifs is 1. The molecule has 5 rings (SSSR count). The second-order valence-electron chi connectivity index (χ2n) is 10.7. The monoisotopic (exact) mass is 713 g/mol. The number of hydrogen-bond acceptors (Lipinski definition) is 16. The molecule has 0 bridgehead atoms. The highest BCUT2D eigenvalue weighted by Crippen LogP contribution is 2.35. The summed E-state index contributed by atoms with van der Waals surface area (Å²) in [6.45, 7) is 4.00. The lowest BCUT2D eigenvalue weighted by molar-refractivity contribution is -0.270. The number of benzene rings is 1. The molecule has 0 aliphatic carbocycles. The highest BCUT2D eigenvalue weighted by Gasteiger charge is 2.53. The second-order valence-corrected chi connectivity index (χ2v) is 11.1. The number of nitrogen functional groups attached to an aromatic ring is 1. The Balaban J connectivity index is 0.000000845. The summed E-state index contributed by atoms with van der Waals surface area (Å²) in [6.07, 6.45) is -3.49. The van der Waals surface area contributed by atoms with Gasteiger partial charge in [0.2, 0.25) is 4.77 Å². The molecule has 266 valence electrons. The summed E-state index contributed by atoms with van der Waals surface area (Å²) in [5.41, 5.74) is 0.0950. The first-order valence-corrected chi connectivity index (χ1v) is 15.4. The van der Waals surface area contributed by atoms with Crippen LogP contribution in [0.3, 0.4) is 0 Å². The van der Waals surface area contributed by atoms with Crippen molar-refractivity contribution in [3.63, 3.8) is 0 Å². The average Bonchev–Trinajstić information content (AvgIpc) is 3.40. The van der Waals surface area contributed by atoms with Crippen LogP contribution < -0.4 is 16.1 Å². The molecule has 18 nitrogen and oxygen atoms in total. The van der Waals surface area contributed by atoms with E-state index in [4.69, 9.17) is 46.5 Å². The van der Waals surface area contributed by atoms with E-state index in [9.17, 15) is 24.0 Å².